The van der Waals surface area contributed by atoms with Crippen LogP contribution in [0.5, 0.6) is 5.75 Å². The number of rotatable bonds is 4. The number of nitrogen functional groups attached to an aromatic ring is 1. The van der Waals surface area contributed by atoms with Gasteiger partial charge in [0.05, 0.1) is 5.69 Å². The number of phenolic OH excluding ortho intramolecular Hbond substituents is 1. The molecule has 21 heavy (non-hydrogen) atoms. The molecule has 7 heteroatoms. The summed E-state index contributed by atoms with van der Waals surface area (Å²) in [4.78, 5) is 0. The molecule has 3 aromatic rings. The average Bonchev–Trinajstić information content (AvgIpc) is 2.94. The summed E-state index contributed by atoms with van der Waals surface area (Å²) in [6.45, 7) is 0. The number of thioether (sulfide) groups is 1. The highest BCUT2D eigenvalue weighted by molar-refractivity contribution is 7.98. The van der Waals surface area contributed by atoms with Crippen molar-refractivity contribution >= 4 is 17.4 Å². The molecule has 0 aliphatic heterocycles. The van der Waals surface area contributed by atoms with E-state index in [4.69, 9.17) is 5.73 Å². The van der Waals surface area contributed by atoms with Crippen molar-refractivity contribution in [1.29, 1.82) is 0 Å². The van der Waals surface area contributed by atoms with Crippen molar-refractivity contribution in [3.8, 4) is 11.4 Å². The topological polar surface area (TPSA) is 89.9 Å². The normalized spacial score (nSPS) is 10.7. The lowest BCUT2D eigenvalue weighted by molar-refractivity contribution is 0.475. The minimum absolute atomic E-state index is 0.209. The van der Waals surface area contributed by atoms with Crippen molar-refractivity contribution in [2.24, 2.45) is 0 Å². The maximum absolute atomic E-state index is 9.32. The van der Waals surface area contributed by atoms with Gasteiger partial charge in [0.25, 0.3) is 0 Å². The summed E-state index contributed by atoms with van der Waals surface area (Å²) in [7, 11) is 0. The first kappa shape index (κ1) is 13.4. The molecule has 0 saturated heterocycles. The van der Waals surface area contributed by atoms with Crippen LogP contribution in [0, 0.1) is 0 Å². The summed E-state index contributed by atoms with van der Waals surface area (Å²) in [5.41, 5.74) is 8.42. The highest BCUT2D eigenvalue weighted by atomic mass is 32.2. The van der Waals surface area contributed by atoms with E-state index in [0.717, 1.165) is 22.7 Å². The van der Waals surface area contributed by atoms with E-state index in [1.807, 2.05) is 24.3 Å². The number of phenols is 1. The van der Waals surface area contributed by atoms with Crippen LogP contribution in [0.25, 0.3) is 5.69 Å². The zero-order valence-corrected chi connectivity index (χ0v) is 11.9. The zero-order valence-electron chi connectivity index (χ0n) is 11.0. The fourth-order valence-electron chi connectivity index (χ4n) is 1.86. The van der Waals surface area contributed by atoms with E-state index in [1.54, 1.807) is 28.9 Å². The molecule has 0 aliphatic carbocycles. The molecule has 106 valence electrons. The van der Waals surface area contributed by atoms with Gasteiger partial charge < -0.3 is 10.8 Å². The third-order valence-electron chi connectivity index (χ3n) is 2.85. The summed E-state index contributed by atoms with van der Waals surface area (Å²) < 4.78 is 1.64. The lowest BCUT2D eigenvalue weighted by Gasteiger charge is -2.05. The van der Waals surface area contributed by atoms with Crippen LogP contribution in [-0.4, -0.2) is 25.3 Å². The van der Waals surface area contributed by atoms with Crippen LogP contribution in [0.15, 0.2) is 53.7 Å². The number of nitrogens with zero attached hydrogens (tertiary/aromatic N) is 4. The molecule has 0 radical (unpaired) electrons. The molecular weight excluding hydrogens is 286 g/mol. The second-order valence-electron chi connectivity index (χ2n) is 4.42. The van der Waals surface area contributed by atoms with Crippen LogP contribution < -0.4 is 5.73 Å². The zero-order chi connectivity index (χ0) is 14.7. The summed E-state index contributed by atoms with van der Waals surface area (Å²) in [5, 5.41) is 21.7. The largest absolute Gasteiger partial charge is 0.508 e. The Balaban J connectivity index is 1.78. The van der Waals surface area contributed by atoms with Crippen LogP contribution in [0.3, 0.4) is 0 Å². The number of benzene rings is 2. The van der Waals surface area contributed by atoms with E-state index >= 15 is 0 Å². The van der Waals surface area contributed by atoms with Crippen molar-refractivity contribution in [1.82, 2.24) is 20.2 Å². The van der Waals surface area contributed by atoms with Gasteiger partial charge in [-0.25, -0.2) is 0 Å². The lowest BCUT2D eigenvalue weighted by Crippen LogP contribution is -1.98. The highest BCUT2D eigenvalue weighted by Crippen LogP contribution is 2.23. The van der Waals surface area contributed by atoms with Gasteiger partial charge >= 0.3 is 0 Å². The van der Waals surface area contributed by atoms with Gasteiger partial charge in [0, 0.05) is 11.4 Å². The summed E-state index contributed by atoms with van der Waals surface area (Å²) >= 11 is 1.52. The Kier molecular flexibility index (Phi) is 3.74. The first-order valence-electron chi connectivity index (χ1n) is 6.27. The fourth-order valence-corrected chi connectivity index (χ4v) is 2.69. The van der Waals surface area contributed by atoms with Gasteiger partial charge in [-0.3, -0.25) is 0 Å². The Morgan fingerprint density at radius 3 is 2.71 bits per heavy atom. The molecule has 2 aromatic carbocycles. The number of anilines is 1. The monoisotopic (exact) mass is 299 g/mol. The van der Waals surface area contributed by atoms with Crippen molar-refractivity contribution in [3.63, 3.8) is 0 Å². The molecule has 3 N–H and O–H groups in total. The molecule has 1 aromatic heterocycles. The SMILES string of the molecule is Nc1cccc(CSc2nnnn2-c2ccc(O)cc2)c1. The third kappa shape index (κ3) is 3.14. The van der Waals surface area contributed by atoms with Gasteiger partial charge in [-0.05, 0) is 52.4 Å². The first-order chi connectivity index (χ1) is 10.2. The van der Waals surface area contributed by atoms with Gasteiger partial charge in [-0.2, -0.15) is 4.68 Å². The van der Waals surface area contributed by atoms with Crippen molar-refractivity contribution in [2.75, 3.05) is 5.73 Å². The van der Waals surface area contributed by atoms with Crippen LogP contribution in [0.2, 0.25) is 0 Å². The van der Waals surface area contributed by atoms with Crippen molar-refractivity contribution < 1.29 is 5.11 Å². The van der Waals surface area contributed by atoms with E-state index in [1.165, 1.54) is 11.8 Å². The molecule has 3 rings (SSSR count). The first-order valence-corrected chi connectivity index (χ1v) is 7.26. The standard InChI is InChI=1S/C14H13N5OS/c15-11-3-1-2-10(8-11)9-21-14-16-17-18-19(14)12-4-6-13(20)7-5-12/h1-8,20H,9,15H2. The molecule has 0 saturated carbocycles. The third-order valence-corrected chi connectivity index (χ3v) is 3.84. The average molecular weight is 299 g/mol. The molecular formula is C14H13N5OS. The minimum Gasteiger partial charge on any atom is -0.508 e. The molecule has 0 atom stereocenters. The molecule has 0 spiro atoms. The van der Waals surface area contributed by atoms with E-state index in [0.29, 0.717) is 5.16 Å². The molecule has 1 heterocycles. The molecule has 6 nitrogen and oxygen atoms in total. The minimum atomic E-state index is 0.209. The Hall–Kier alpha value is -2.54. The summed E-state index contributed by atoms with van der Waals surface area (Å²) in [5.74, 6) is 0.935. The van der Waals surface area contributed by atoms with Crippen molar-refractivity contribution in [2.45, 2.75) is 10.9 Å². The number of aromatic nitrogens is 4. The number of aromatic hydroxyl groups is 1. The quantitative estimate of drug-likeness (QED) is 0.567. The Morgan fingerprint density at radius 2 is 1.95 bits per heavy atom. The van der Waals surface area contributed by atoms with E-state index < -0.39 is 0 Å². The summed E-state index contributed by atoms with van der Waals surface area (Å²) in [6.07, 6.45) is 0. The van der Waals surface area contributed by atoms with Gasteiger partial charge in [-0.1, -0.05) is 23.9 Å². The molecule has 0 unspecified atom stereocenters. The maximum Gasteiger partial charge on any atom is 0.214 e. The molecule has 0 amide bonds. The number of hydrogen-bond donors (Lipinski definition) is 2. The Morgan fingerprint density at radius 1 is 1.14 bits per heavy atom. The predicted octanol–water partition coefficient (Wildman–Crippen LogP) is 2.24. The number of hydrogen-bond acceptors (Lipinski definition) is 6. The van der Waals surface area contributed by atoms with Gasteiger partial charge in [0.15, 0.2) is 0 Å². The van der Waals surface area contributed by atoms with E-state index in [9.17, 15) is 5.11 Å². The summed E-state index contributed by atoms with van der Waals surface area (Å²) in [6, 6.07) is 14.4. The van der Waals surface area contributed by atoms with Crippen LogP contribution >= 0.6 is 11.8 Å². The second-order valence-corrected chi connectivity index (χ2v) is 5.37. The number of nitrogens with two attached hydrogens (primary N) is 1. The maximum atomic E-state index is 9.32. The van der Waals surface area contributed by atoms with Crippen LogP contribution in [-0.2, 0) is 5.75 Å². The van der Waals surface area contributed by atoms with Crippen LogP contribution in [0.4, 0.5) is 5.69 Å². The van der Waals surface area contributed by atoms with Crippen molar-refractivity contribution in [3.05, 3.63) is 54.1 Å². The highest BCUT2D eigenvalue weighted by Gasteiger charge is 2.09. The van der Waals surface area contributed by atoms with Gasteiger partial charge in [-0.15, -0.1) is 5.10 Å². The Bertz CT molecular complexity index is 741. The number of tetrazole rings is 1. The Labute approximate surface area is 125 Å². The van der Waals surface area contributed by atoms with E-state index in [2.05, 4.69) is 15.5 Å². The molecule has 0 aliphatic rings. The second kappa shape index (κ2) is 5.84. The molecule has 0 bridgehead atoms. The lowest BCUT2D eigenvalue weighted by atomic mass is 10.2. The molecule has 0 fully saturated rings. The van der Waals surface area contributed by atoms with Gasteiger partial charge in [0.1, 0.15) is 5.75 Å². The van der Waals surface area contributed by atoms with Crippen LogP contribution in [0.1, 0.15) is 5.56 Å². The predicted molar refractivity (Wildman–Crippen MR) is 81.2 cm³/mol. The van der Waals surface area contributed by atoms with Gasteiger partial charge in [0.2, 0.25) is 5.16 Å². The smallest absolute Gasteiger partial charge is 0.214 e. The van der Waals surface area contributed by atoms with E-state index in [-0.39, 0.29) is 5.75 Å². The fraction of sp³-hybridized carbons (Fsp3) is 0.0714.